The average Bonchev–Trinajstić information content (AvgIpc) is 3.06. The number of hydrogen-bond acceptors (Lipinski definition) is 4. The van der Waals surface area contributed by atoms with Gasteiger partial charge in [-0.15, -0.1) is 0 Å². The van der Waals surface area contributed by atoms with Crippen LogP contribution in [-0.2, 0) is 0 Å². The Balaban J connectivity index is 1.56. The fourth-order valence-corrected chi connectivity index (χ4v) is 2.94. The maximum Gasteiger partial charge on any atom is 0.274 e. The molecule has 1 aliphatic rings. The van der Waals surface area contributed by atoms with Gasteiger partial charge in [0.25, 0.3) is 5.91 Å². The zero-order valence-corrected chi connectivity index (χ0v) is 12.6. The van der Waals surface area contributed by atoms with Crippen LogP contribution in [0.2, 0.25) is 0 Å². The van der Waals surface area contributed by atoms with Crippen molar-refractivity contribution in [2.45, 2.75) is 6.04 Å². The summed E-state index contributed by atoms with van der Waals surface area (Å²) in [4.78, 5) is 18.8. The minimum atomic E-state index is -0.0436. The van der Waals surface area contributed by atoms with Crippen molar-refractivity contribution >= 4 is 11.6 Å². The Morgan fingerprint density at radius 2 is 2.09 bits per heavy atom. The van der Waals surface area contributed by atoms with Gasteiger partial charge in [-0.3, -0.25) is 4.79 Å². The SMILES string of the molecule is O=C(c1cc2ncccn2n1)N1CCN[C@H](c2ccccc2)C1. The number of fused-ring (bicyclic) bond motifs is 1. The van der Waals surface area contributed by atoms with Crippen LogP contribution in [0.3, 0.4) is 0 Å². The van der Waals surface area contributed by atoms with Crippen molar-refractivity contribution in [2.24, 2.45) is 0 Å². The van der Waals surface area contributed by atoms with Crippen LogP contribution >= 0.6 is 0 Å². The van der Waals surface area contributed by atoms with E-state index in [9.17, 15) is 4.79 Å². The highest BCUT2D eigenvalue weighted by Gasteiger charge is 2.26. The van der Waals surface area contributed by atoms with Gasteiger partial charge in [-0.1, -0.05) is 30.3 Å². The molecule has 0 saturated carbocycles. The minimum absolute atomic E-state index is 0.0436. The van der Waals surface area contributed by atoms with E-state index in [0.29, 0.717) is 24.4 Å². The third kappa shape index (κ3) is 2.68. The van der Waals surface area contributed by atoms with Crippen LogP contribution in [0.5, 0.6) is 0 Å². The number of amides is 1. The first-order valence-corrected chi connectivity index (χ1v) is 7.69. The molecule has 3 aromatic rings. The minimum Gasteiger partial charge on any atom is -0.334 e. The second-order valence-electron chi connectivity index (χ2n) is 5.62. The van der Waals surface area contributed by atoms with Crippen molar-refractivity contribution in [1.29, 1.82) is 0 Å². The third-order valence-corrected chi connectivity index (χ3v) is 4.12. The summed E-state index contributed by atoms with van der Waals surface area (Å²) in [5.41, 5.74) is 2.32. The van der Waals surface area contributed by atoms with E-state index in [4.69, 9.17) is 0 Å². The number of aromatic nitrogens is 3. The van der Waals surface area contributed by atoms with Gasteiger partial charge in [0.15, 0.2) is 11.3 Å². The number of hydrogen-bond donors (Lipinski definition) is 1. The van der Waals surface area contributed by atoms with Gasteiger partial charge in [0.05, 0.1) is 0 Å². The standard InChI is InChI=1S/C17H17N5O/c23-17(14-11-16-19-7-4-9-22(16)20-14)21-10-8-18-15(12-21)13-5-2-1-3-6-13/h1-7,9,11,15,18H,8,10,12H2/t15-/m0/s1. The van der Waals surface area contributed by atoms with Crippen LogP contribution in [-0.4, -0.2) is 45.0 Å². The van der Waals surface area contributed by atoms with Crippen LogP contribution < -0.4 is 5.32 Å². The second-order valence-corrected chi connectivity index (χ2v) is 5.62. The largest absolute Gasteiger partial charge is 0.334 e. The molecule has 1 aliphatic heterocycles. The first kappa shape index (κ1) is 13.9. The van der Waals surface area contributed by atoms with E-state index >= 15 is 0 Å². The summed E-state index contributed by atoms with van der Waals surface area (Å²) < 4.78 is 1.63. The van der Waals surface area contributed by atoms with Crippen molar-refractivity contribution < 1.29 is 4.79 Å². The summed E-state index contributed by atoms with van der Waals surface area (Å²) in [7, 11) is 0. The van der Waals surface area contributed by atoms with Crippen molar-refractivity contribution in [1.82, 2.24) is 24.8 Å². The molecule has 4 rings (SSSR count). The van der Waals surface area contributed by atoms with E-state index in [2.05, 4.69) is 27.5 Å². The van der Waals surface area contributed by atoms with Crippen LogP contribution in [0.25, 0.3) is 5.65 Å². The van der Waals surface area contributed by atoms with Crippen molar-refractivity contribution in [3.63, 3.8) is 0 Å². The lowest BCUT2D eigenvalue weighted by Gasteiger charge is -2.33. The zero-order valence-electron chi connectivity index (χ0n) is 12.6. The predicted molar refractivity (Wildman–Crippen MR) is 86.1 cm³/mol. The number of carbonyl (C=O) groups is 1. The highest BCUT2D eigenvalue weighted by atomic mass is 16.2. The first-order valence-electron chi connectivity index (χ1n) is 7.69. The molecule has 0 aliphatic carbocycles. The van der Waals surface area contributed by atoms with Gasteiger partial charge in [-0.2, -0.15) is 5.10 Å². The Bertz CT molecular complexity index is 796. The number of piperazine rings is 1. The molecule has 1 saturated heterocycles. The zero-order chi connectivity index (χ0) is 15.6. The van der Waals surface area contributed by atoms with Gasteiger partial charge in [0, 0.05) is 44.1 Å². The number of nitrogens with zero attached hydrogens (tertiary/aromatic N) is 4. The van der Waals surface area contributed by atoms with Crippen molar-refractivity contribution in [3.8, 4) is 0 Å². The molecule has 3 heterocycles. The molecular formula is C17H17N5O. The second kappa shape index (κ2) is 5.81. The number of nitrogens with one attached hydrogen (secondary N) is 1. The smallest absolute Gasteiger partial charge is 0.274 e. The Labute approximate surface area is 133 Å². The van der Waals surface area contributed by atoms with Crippen LogP contribution in [0.1, 0.15) is 22.1 Å². The molecule has 1 amide bonds. The fraction of sp³-hybridized carbons (Fsp3) is 0.235. The van der Waals surface area contributed by atoms with Crippen molar-refractivity contribution in [3.05, 3.63) is 66.1 Å². The summed E-state index contributed by atoms with van der Waals surface area (Å²) in [5, 5.41) is 7.79. The Kier molecular flexibility index (Phi) is 3.51. The molecule has 0 bridgehead atoms. The topological polar surface area (TPSA) is 62.5 Å². The lowest BCUT2D eigenvalue weighted by molar-refractivity contribution is 0.0696. The Morgan fingerprint density at radius 3 is 2.91 bits per heavy atom. The van der Waals surface area contributed by atoms with E-state index in [1.54, 1.807) is 29.0 Å². The molecule has 1 fully saturated rings. The third-order valence-electron chi connectivity index (χ3n) is 4.12. The highest BCUT2D eigenvalue weighted by molar-refractivity contribution is 5.93. The van der Waals surface area contributed by atoms with Gasteiger partial charge in [0.2, 0.25) is 0 Å². The molecule has 116 valence electrons. The van der Waals surface area contributed by atoms with Gasteiger partial charge in [-0.05, 0) is 11.6 Å². The molecule has 1 atom stereocenters. The van der Waals surface area contributed by atoms with Gasteiger partial charge in [0.1, 0.15) is 0 Å². The van der Waals surface area contributed by atoms with E-state index in [0.717, 1.165) is 6.54 Å². The molecule has 0 unspecified atom stereocenters. The molecular weight excluding hydrogens is 290 g/mol. The van der Waals surface area contributed by atoms with E-state index in [-0.39, 0.29) is 11.9 Å². The van der Waals surface area contributed by atoms with Gasteiger partial charge >= 0.3 is 0 Å². The number of rotatable bonds is 2. The molecule has 6 nitrogen and oxygen atoms in total. The fourth-order valence-electron chi connectivity index (χ4n) is 2.94. The normalized spacial score (nSPS) is 18.3. The summed E-state index contributed by atoms with van der Waals surface area (Å²) in [5.74, 6) is -0.0436. The molecule has 6 heteroatoms. The lowest BCUT2D eigenvalue weighted by Crippen LogP contribution is -2.48. The van der Waals surface area contributed by atoms with E-state index in [1.165, 1.54) is 5.56 Å². The number of benzene rings is 1. The number of carbonyl (C=O) groups excluding carboxylic acids is 1. The summed E-state index contributed by atoms with van der Waals surface area (Å²) in [6.07, 6.45) is 3.49. The summed E-state index contributed by atoms with van der Waals surface area (Å²) in [6.45, 7) is 2.10. The van der Waals surface area contributed by atoms with Crippen LogP contribution in [0.4, 0.5) is 0 Å². The lowest BCUT2D eigenvalue weighted by atomic mass is 10.0. The summed E-state index contributed by atoms with van der Waals surface area (Å²) in [6, 6.07) is 13.9. The van der Waals surface area contributed by atoms with Gasteiger partial charge < -0.3 is 10.2 Å². The maximum absolute atomic E-state index is 12.7. The molecule has 0 radical (unpaired) electrons. The maximum atomic E-state index is 12.7. The molecule has 2 aromatic heterocycles. The van der Waals surface area contributed by atoms with Crippen LogP contribution in [0, 0.1) is 0 Å². The van der Waals surface area contributed by atoms with E-state index < -0.39 is 0 Å². The highest BCUT2D eigenvalue weighted by Crippen LogP contribution is 2.18. The molecule has 1 N–H and O–H groups in total. The Hall–Kier alpha value is -2.73. The van der Waals surface area contributed by atoms with Crippen LogP contribution in [0.15, 0.2) is 54.9 Å². The first-order chi connectivity index (χ1) is 11.3. The van der Waals surface area contributed by atoms with Gasteiger partial charge in [-0.25, -0.2) is 9.50 Å². The summed E-state index contributed by atoms with van der Waals surface area (Å²) >= 11 is 0. The average molecular weight is 307 g/mol. The predicted octanol–water partition coefficient (Wildman–Crippen LogP) is 1.52. The molecule has 1 aromatic carbocycles. The van der Waals surface area contributed by atoms with Crippen molar-refractivity contribution in [2.75, 3.05) is 19.6 Å². The van der Waals surface area contributed by atoms with E-state index in [1.807, 2.05) is 23.1 Å². The Morgan fingerprint density at radius 1 is 1.22 bits per heavy atom. The molecule has 23 heavy (non-hydrogen) atoms. The molecule has 0 spiro atoms. The quantitative estimate of drug-likeness (QED) is 0.779. The monoisotopic (exact) mass is 307 g/mol.